The van der Waals surface area contributed by atoms with E-state index in [1.807, 2.05) is 0 Å². The van der Waals surface area contributed by atoms with Crippen LogP contribution in [0.15, 0.2) is 27.7 Å². The van der Waals surface area contributed by atoms with Gasteiger partial charge >= 0.3 is 0 Å². The number of thioether (sulfide) groups is 1. The second-order valence-electron chi connectivity index (χ2n) is 4.58. The van der Waals surface area contributed by atoms with Gasteiger partial charge in [0.1, 0.15) is 0 Å². The van der Waals surface area contributed by atoms with Crippen LogP contribution in [0.3, 0.4) is 0 Å². The predicted molar refractivity (Wildman–Crippen MR) is 89.1 cm³/mol. The van der Waals surface area contributed by atoms with E-state index in [1.165, 1.54) is 3.57 Å². The lowest BCUT2D eigenvalue weighted by Crippen LogP contribution is -2.27. The molecule has 0 unspecified atom stereocenters. The van der Waals surface area contributed by atoms with Gasteiger partial charge in [-0.25, -0.2) is 0 Å². The fraction of sp³-hybridized carbons (Fsp3) is 0.417. The second kappa shape index (κ2) is 5.48. The zero-order valence-corrected chi connectivity index (χ0v) is 14.3. The highest BCUT2D eigenvalue weighted by molar-refractivity contribution is 14.1. The van der Waals surface area contributed by atoms with E-state index in [2.05, 4.69) is 75.9 Å². The largest absolute Gasteiger partial charge is 0.334 e. The minimum Gasteiger partial charge on any atom is -0.334 e. The molecule has 1 aromatic carbocycles. The van der Waals surface area contributed by atoms with Gasteiger partial charge in [-0.1, -0.05) is 11.8 Å². The molecule has 92 valence electrons. The summed E-state index contributed by atoms with van der Waals surface area (Å²) >= 11 is 7.66. The summed E-state index contributed by atoms with van der Waals surface area (Å²) in [5, 5.41) is 4.42. The summed E-state index contributed by atoms with van der Waals surface area (Å²) in [5.41, 5.74) is 1.14. The van der Waals surface area contributed by atoms with E-state index < -0.39 is 0 Å². The Bertz CT molecular complexity index is 460. The summed E-state index contributed by atoms with van der Waals surface area (Å²) in [6, 6.07) is 6.26. The molecule has 0 fully saturated rings. The topological polar surface area (TPSA) is 24.4 Å². The smallest absolute Gasteiger partial charge is 0.161 e. The van der Waals surface area contributed by atoms with E-state index >= 15 is 0 Å². The molecule has 17 heavy (non-hydrogen) atoms. The molecule has 1 N–H and O–H groups in total. The third-order valence-electron chi connectivity index (χ3n) is 2.53. The lowest BCUT2D eigenvalue weighted by atomic mass is 10.0. The molecular weight excluding hydrogens is 411 g/mol. The highest BCUT2D eigenvalue weighted by Crippen LogP contribution is 2.30. The molecule has 0 aromatic heterocycles. The van der Waals surface area contributed by atoms with Crippen LogP contribution in [0.5, 0.6) is 0 Å². The summed E-state index contributed by atoms with van der Waals surface area (Å²) in [5.74, 6) is 1.13. The molecule has 5 heteroatoms. The molecule has 1 aliphatic heterocycles. The number of hydrogen-bond acceptors (Lipinski definition) is 3. The summed E-state index contributed by atoms with van der Waals surface area (Å²) in [4.78, 5) is 4.73. The monoisotopic (exact) mass is 424 g/mol. The molecule has 0 spiro atoms. The average Bonchev–Trinajstić information content (AvgIpc) is 2.22. The van der Waals surface area contributed by atoms with Crippen molar-refractivity contribution in [3.8, 4) is 0 Å². The van der Waals surface area contributed by atoms with Gasteiger partial charge in [0.15, 0.2) is 5.17 Å². The van der Waals surface area contributed by atoms with E-state index in [1.54, 1.807) is 11.8 Å². The number of aliphatic imine (C=N–C) groups is 1. The van der Waals surface area contributed by atoms with Crippen molar-refractivity contribution >= 4 is 61.1 Å². The lowest BCUT2D eigenvalue weighted by molar-refractivity contribution is 0.507. The minimum atomic E-state index is 0.0575. The van der Waals surface area contributed by atoms with Crippen LogP contribution in [0.25, 0.3) is 0 Å². The van der Waals surface area contributed by atoms with Crippen molar-refractivity contribution in [3.63, 3.8) is 0 Å². The molecule has 0 saturated heterocycles. The molecule has 1 aliphatic rings. The van der Waals surface area contributed by atoms with E-state index in [0.29, 0.717) is 0 Å². The van der Waals surface area contributed by atoms with Gasteiger partial charge in [-0.05, 0) is 77.0 Å². The quantitative estimate of drug-likeness (QED) is 0.658. The molecule has 0 saturated carbocycles. The Labute approximate surface area is 128 Å². The fourth-order valence-corrected chi connectivity index (χ4v) is 3.66. The molecule has 2 rings (SSSR count). The maximum absolute atomic E-state index is 4.73. The molecule has 0 aliphatic carbocycles. The number of rotatable bonds is 1. The standard InChI is InChI=1S/C12H14BrIN2S/c1-12(2)5-6-17-11(16-12)15-10-7-8(14)3-4-9(10)13/h3-4,7H,5-6H2,1-2H3,(H,15,16). The third kappa shape index (κ3) is 3.86. The van der Waals surface area contributed by atoms with E-state index in [4.69, 9.17) is 4.99 Å². The zero-order valence-electron chi connectivity index (χ0n) is 9.76. The zero-order chi connectivity index (χ0) is 12.5. The van der Waals surface area contributed by atoms with Gasteiger partial charge in [0, 0.05) is 13.8 Å². The van der Waals surface area contributed by atoms with E-state index in [-0.39, 0.29) is 5.54 Å². The number of halogens is 2. The van der Waals surface area contributed by atoms with Crippen molar-refractivity contribution in [2.45, 2.75) is 25.8 Å². The lowest BCUT2D eigenvalue weighted by Gasteiger charge is -2.26. The van der Waals surface area contributed by atoms with Crippen molar-refractivity contribution in [1.82, 2.24) is 0 Å². The van der Waals surface area contributed by atoms with Gasteiger partial charge in [-0.15, -0.1) is 0 Å². The van der Waals surface area contributed by atoms with Crippen molar-refractivity contribution in [3.05, 3.63) is 26.2 Å². The Balaban J connectivity index is 2.21. The molecule has 0 amide bonds. The number of nitrogens with zero attached hydrogens (tertiary/aromatic N) is 1. The Morgan fingerprint density at radius 3 is 2.94 bits per heavy atom. The molecule has 2 nitrogen and oxygen atoms in total. The summed E-state index contributed by atoms with van der Waals surface area (Å²) < 4.78 is 2.29. The van der Waals surface area contributed by atoms with Crippen molar-refractivity contribution in [1.29, 1.82) is 0 Å². The Hall–Kier alpha value is 0.250. The molecule has 0 bridgehead atoms. The highest BCUT2D eigenvalue weighted by Gasteiger charge is 2.22. The first-order chi connectivity index (χ1) is 7.96. The normalized spacial score (nSPS) is 18.7. The first-order valence-corrected chi connectivity index (χ1v) is 8.27. The van der Waals surface area contributed by atoms with E-state index in [9.17, 15) is 0 Å². The first-order valence-electron chi connectivity index (χ1n) is 5.41. The first kappa shape index (κ1) is 13.7. The Morgan fingerprint density at radius 1 is 1.47 bits per heavy atom. The van der Waals surface area contributed by atoms with E-state index in [0.717, 1.165) is 27.5 Å². The maximum Gasteiger partial charge on any atom is 0.161 e. The van der Waals surface area contributed by atoms with Crippen LogP contribution >= 0.6 is 50.3 Å². The number of hydrogen-bond donors (Lipinski definition) is 1. The number of benzene rings is 1. The van der Waals surface area contributed by atoms with Gasteiger partial charge in [0.05, 0.1) is 11.2 Å². The van der Waals surface area contributed by atoms with Gasteiger partial charge in [-0.2, -0.15) is 0 Å². The fourth-order valence-electron chi connectivity index (χ4n) is 1.53. The van der Waals surface area contributed by atoms with Crippen LogP contribution in [0.1, 0.15) is 20.3 Å². The van der Waals surface area contributed by atoms with Crippen LogP contribution in [-0.2, 0) is 0 Å². The summed E-state index contributed by atoms with van der Waals surface area (Å²) in [6.45, 7) is 4.36. The van der Waals surface area contributed by atoms with Crippen LogP contribution in [-0.4, -0.2) is 16.5 Å². The summed E-state index contributed by atoms with van der Waals surface area (Å²) in [7, 11) is 0. The van der Waals surface area contributed by atoms with Crippen LogP contribution in [0.2, 0.25) is 0 Å². The van der Waals surface area contributed by atoms with Gasteiger partial charge in [-0.3, -0.25) is 4.99 Å². The van der Waals surface area contributed by atoms with Gasteiger partial charge in [0.2, 0.25) is 0 Å². The SMILES string of the molecule is CC1(C)CCSC(Nc2cc(I)ccc2Br)=N1. The third-order valence-corrected chi connectivity index (χ3v) is 4.76. The van der Waals surface area contributed by atoms with Gasteiger partial charge < -0.3 is 5.32 Å². The second-order valence-corrected chi connectivity index (χ2v) is 7.76. The van der Waals surface area contributed by atoms with Crippen molar-refractivity contribution in [2.24, 2.45) is 4.99 Å². The maximum atomic E-state index is 4.73. The van der Waals surface area contributed by atoms with Gasteiger partial charge in [0.25, 0.3) is 0 Å². The molecular formula is C12H14BrIN2S. The van der Waals surface area contributed by atoms with Crippen molar-refractivity contribution in [2.75, 3.05) is 11.1 Å². The van der Waals surface area contributed by atoms with Crippen molar-refractivity contribution < 1.29 is 0 Å². The van der Waals surface area contributed by atoms with Crippen LogP contribution in [0, 0.1) is 3.57 Å². The molecule has 1 heterocycles. The van der Waals surface area contributed by atoms with Crippen LogP contribution in [0.4, 0.5) is 5.69 Å². The number of anilines is 1. The molecule has 0 atom stereocenters. The highest BCUT2D eigenvalue weighted by atomic mass is 127. The summed E-state index contributed by atoms with van der Waals surface area (Å²) in [6.07, 6.45) is 1.14. The minimum absolute atomic E-state index is 0.0575. The Morgan fingerprint density at radius 2 is 2.24 bits per heavy atom. The number of nitrogens with one attached hydrogen (secondary N) is 1. The number of amidine groups is 1. The average molecular weight is 425 g/mol. The predicted octanol–water partition coefficient (Wildman–Crippen LogP) is 4.74. The molecule has 1 aromatic rings. The molecule has 0 radical (unpaired) electrons. The van der Waals surface area contributed by atoms with Crippen LogP contribution < -0.4 is 5.32 Å². The Kier molecular flexibility index (Phi) is 4.41.